The molecule has 0 bridgehead atoms. The Balaban J connectivity index is 1.64. The number of rotatable bonds is 7. The summed E-state index contributed by atoms with van der Waals surface area (Å²) in [5, 5.41) is 15.9. The molecule has 5 rings (SSSR count). The van der Waals surface area contributed by atoms with E-state index >= 15 is 0 Å². The standard InChI is InChI=1S/C30H24BrN3O4/c31-21-12-14-24-23(17-21)28(20-9-5-2-6-10-20)29(30(38)32-24)25-18-22(13-11-19-7-3-1-4-8-19)34(33-25)26(35)15-16-27(36)37/h1-14,17,22H,15-16,18H2,(H,32,38)(H,36,37)/b13-11+/t22-/m1/s1. The molecule has 0 unspecified atom stereocenters. The van der Waals surface area contributed by atoms with Crippen LogP contribution in [0.2, 0.25) is 0 Å². The van der Waals surface area contributed by atoms with Gasteiger partial charge in [-0.2, -0.15) is 5.10 Å². The number of carbonyl (C=O) groups is 2. The van der Waals surface area contributed by atoms with Crippen LogP contribution in [0.1, 0.15) is 30.4 Å². The maximum absolute atomic E-state index is 13.5. The first kappa shape index (κ1) is 25.4. The predicted molar refractivity (Wildman–Crippen MR) is 152 cm³/mol. The maximum Gasteiger partial charge on any atom is 0.303 e. The maximum atomic E-state index is 13.5. The number of H-pyrrole nitrogens is 1. The van der Waals surface area contributed by atoms with Crippen LogP contribution in [-0.4, -0.2) is 38.7 Å². The Morgan fingerprint density at radius 1 is 1.00 bits per heavy atom. The summed E-state index contributed by atoms with van der Waals surface area (Å²) >= 11 is 3.54. The fourth-order valence-corrected chi connectivity index (χ4v) is 4.99. The van der Waals surface area contributed by atoms with Gasteiger partial charge >= 0.3 is 5.97 Å². The number of nitrogens with one attached hydrogen (secondary N) is 1. The topological polar surface area (TPSA) is 103 Å². The van der Waals surface area contributed by atoms with Crippen molar-refractivity contribution < 1.29 is 14.7 Å². The van der Waals surface area contributed by atoms with Crippen molar-refractivity contribution in [1.29, 1.82) is 0 Å². The second kappa shape index (κ2) is 11.0. The molecule has 0 saturated carbocycles. The quantitative estimate of drug-likeness (QED) is 0.292. The van der Waals surface area contributed by atoms with Crippen LogP contribution in [-0.2, 0) is 9.59 Å². The van der Waals surface area contributed by atoms with Crippen molar-refractivity contribution in [1.82, 2.24) is 9.99 Å². The lowest BCUT2D eigenvalue weighted by Crippen LogP contribution is -2.31. The SMILES string of the molecule is O=C(O)CCC(=O)N1N=C(c2c(-c3ccccc3)c3cc(Br)ccc3[nH]c2=O)C[C@H]1/C=C/c1ccccc1. The Morgan fingerprint density at radius 2 is 1.71 bits per heavy atom. The van der Waals surface area contributed by atoms with Crippen molar-refractivity contribution in [3.63, 3.8) is 0 Å². The van der Waals surface area contributed by atoms with E-state index in [4.69, 9.17) is 5.11 Å². The third-order valence-electron chi connectivity index (χ3n) is 6.39. The van der Waals surface area contributed by atoms with Gasteiger partial charge in [-0.3, -0.25) is 14.4 Å². The van der Waals surface area contributed by atoms with Crippen molar-refractivity contribution in [2.24, 2.45) is 5.10 Å². The number of hydrazone groups is 1. The van der Waals surface area contributed by atoms with Gasteiger partial charge in [0, 0.05) is 33.8 Å². The number of carbonyl (C=O) groups excluding carboxylic acids is 1. The van der Waals surface area contributed by atoms with Crippen molar-refractivity contribution in [3.05, 3.63) is 111 Å². The minimum absolute atomic E-state index is 0.186. The second-order valence-electron chi connectivity index (χ2n) is 8.98. The zero-order valence-electron chi connectivity index (χ0n) is 20.3. The van der Waals surface area contributed by atoms with Gasteiger partial charge in [0.15, 0.2) is 0 Å². The number of benzene rings is 3. The number of nitrogens with zero attached hydrogens (tertiary/aromatic N) is 2. The largest absolute Gasteiger partial charge is 0.481 e. The molecule has 0 aliphatic carbocycles. The highest BCUT2D eigenvalue weighted by Gasteiger charge is 2.33. The average Bonchev–Trinajstić information content (AvgIpc) is 3.35. The van der Waals surface area contributed by atoms with Crippen molar-refractivity contribution in [2.75, 3.05) is 0 Å². The van der Waals surface area contributed by atoms with Crippen LogP contribution < -0.4 is 5.56 Å². The van der Waals surface area contributed by atoms with Gasteiger partial charge in [0.2, 0.25) is 5.91 Å². The van der Waals surface area contributed by atoms with E-state index in [1.165, 1.54) is 5.01 Å². The number of hydrogen-bond donors (Lipinski definition) is 2. The summed E-state index contributed by atoms with van der Waals surface area (Å²) in [5.74, 6) is -1.47. The zero-order valence-corrected chi connectivity index (χ0v) is 21.9. The molecule has 2 N–H and O–H groups in total. The first-order chi connectivity index (χ1) is 18.4. The molecule has 1 amide bonds. The number of fused-ring (bicyclic) bond motifs is 1. The lowest BCUT2D eigenvalue weighted by Gasteiger charge is -2.18. The fourth-order valence-electron chi connectivity index (χ4n) is 4.63. The monoisotopic (exact) mass is 569 g/mol. The molecule has 38 heavy (non-hydrogen) atoms. The fraction of sp³-hybridized carbons (Fsp3) is 0.133. The first-order valence-corrected chi connectivity index (χ1v) is 13.0. The Morgan fingerprint density at radius 3 is 2.42 bits per heavy atom. The van der Waals surface area contributed by atoms with Crippen LogP contribution in [0.3, 0.4) is 0 Å². The van der Waals surface area contributed by atoms with E-state index in [1.54, 1.807) is 0 Å². The van der Waals surface area contributed by atoms with Crippen LogP contribution >= 0.6 is 15.9 Å². The number of aromatic nitrogens is 1. The Hall–Kier alpha value is -4.30. The number of aromatic amines is 1. The third kappa shape index (κ3) is 5.35. The van der Waals surface area contributed by atoms with Gasteiger partial charge in [0.1, 0.15) is 0 Å². The molecule has 0 fully saturated rings. The molecule has 190 valence electrons. The van der Waals surface area contributed by atoms with Gasteiger partial charge in [-0.05, 0) is 29.3 Å². The molecule has 0 radical (unpaired) electrons. The molecule has 0 saturated heterocycles. The van der Waals surface area contributed by atoms with E-state index in [9.17, 15) is 14.4 Å². The Bertz CT molecular complexity index is 1630. The molecule has 8 heteroatoms. The lowest BCUT2D eigenvalue weighted by molar-refractivity contribution is -0.141. The van der Waals surface area contributed by atoms with E-state index in [2.05, 4.69) is 26.0 Å². The van der Waals surface area contributed by atoms with E-state index < -0.39 is 17.9 Å². The van der Waals surface area contributed by atoms with Crippen LogP contribution in [0, 0.1) is 0 Å². The molecular weight excluding hydrogens is 546 g/mol. The minimum Gasteiger partial charge on any atom is -0.481 e. The van der Waals surface area contributed by atoms with Crippen LogP contribution in [0.15, 0.2) is 99.3 Å². The van der Waals surface area contributed by atoms with Crippen LogP contribution in [0.5, 0.6) is 0 Å². The van der Waals surface area contributed by atoms with Crippen molar-refractivity contribution >= 4 is 50.5 Å². The summed E-state index contributed by atoms with van der Waals surface area (Å²) in [5.41, 5.74) is 3.79. The summed E-state index contributed by atoms with van der Waals surface area (Å²) in [4.78, 5) is 40.7. The number of hydrogen-bond acceptors (Lipinski definition) is 4. The Kier molecular flexibility index (Phi) is 7.33. The van der Waals surface area contributed by atoms with Crippen LogP contribution in [0.4, 0.5) is 0 Å². The van der Waals surface area contributed by atoms with E-state index in [0.717, 1.165) is 26.5 Å². The molecule has 3 aromatic carbocycles. The summed E-state index contributed by atoms with van der Waals surface area (Å²) in [6, 6.07) is 24.5. The molecule has 1 aromatic heterocycles. The van der Waals surface area contributed by atoms with E-state index in [1.807, 2.05) is 91.0 Å². The summed E-state index contributed by atoms with van der Waals surface area (Å²) in [7, 11) is 0. The number of amides is 1. The van der Waals surface area contributed by atoms with Crippen LogP contribution in [0.25, 0.3) is 28.1 Å². The molecule has 1 aliphatic rings. The smallest absolute Gasteiger partial charge is 0.303 e. The number of carboxylic acid groups (broad SMARTS) is 1. The third-order valence-corrected chi connectivity index (χ3v) is 6.88. The minimum atomic E-state index is -1.05. The number of carboxylic acids is 1. The van der Waals surface area contributed by atoms with Crippen molar-refractivity contribution in [3.8, 4) is 11.1 Å². The van der Waals surface area contributed by atoms with Gasteiger partial charge in [0.05, 0.1) is 23.7 Å². The highest BCUT2D eigenvalue weighted by atomic mass is 79.9. The highest BCUT2D eigenvalue weighted by Crippen LogP contribution is 2.34. The molecule has 4 aromatic rings. The normalized spacial score (nSPS) is 15.2. The Labute approximate surface area is 227 Å². The van der Waals surface area contributed by atoms with Crippen molar-refractivity contribution in [2.45, 2.75) is 25.3 Å². The highest BCUT2D eigenvalue weighted by molar-refractivity contribution is 9.10. The van der Waals surface area contributed by atoms with Gasteiger partial charge in [-0.1, -0.05) is 88.7 Å². The zero-order chi connectivity index (χ0) is 26.6. The summed E-state index contributed by atoms with van der Waals surface area (Å²) < 4.78 is 0.864. The molecule has 0 spiro atoms. The second-order valence-corrected chi connectivity index (χ2v) is 9.90. The first-order valence-electron chi connectivity index (χ1n) is 12.2. The predicted octanol–water partition coefficient (Wildman–Crippen LogP) is 5.84. The molecular formula is C30H24BrN3O4. The summed E-state index contributed by atoms with van der Waals surface area (Å²) in [6.45, 7) is 0. The lowest BCUT2D eigenvalue weighted by atomic mass is 9.92. The molecule has 2 heterocycles. The number of pyridine rings is 1. The molecule has 1 aliphatic heterocycles. The van der Waals surface area contributed by atoms with Gasteiger partial charge < -0.3 is 10.1 Å². The molecule has 1 atom stereocenters. The van der Waals surface area contributed by atoms with Gasteiger partial charge in [-0.25, -0.2) is 5.01 Å². The van der Waals surface area contributed by atoms with Gasteiger partial charge in [-0.15, -0.1) is 0 Å². The number of aliphatic carboxylic acids is 1. The summed E-state index contributed by atoms with van der Waals surface area (Å²) in [6.07, 6.45) is 3.60. The van der Waals surface area contributed by atoms with Gasteiger partial charge in [0.25, 0.3) is 5.56 Å². The van der Waals surface area contributed by atoms with E-state index in [-0.39, 0.29) is 18.4 Å². The average molecular weight is 570 g/mol. The number of halogens is 1. The molecule has 7 nitrogen and oxygen atoms in total. The van der Waals surface area contributed by atoms with E-state index in [0.29, 0.717) is 23.2 Å².